The summed E-state index contributed by atoms with van der Waals surface area (Å²) in [7, 11) is 1.26. The van der Waals surface area contributed by atoms with Crippen LogP contribution in [0.5, 0.6) is 0 Å². The molecule has 6 heteroatoms. The molecule has 1 rings (SSSR count). The molecule has 1 aromatic heterocycles. The number of hydrogen-bond donors (Lipinski definition) is 0. The van der Waals surface area contributed by atoms with Crippen LogP contribution in [0.25, 0.3) is 0 Å². The van der Waals surface area contributed by atoms with Gasteiger partial charge in [-0.15, -0.1) is 0 Å². The van der Waals surface area contributed by atoms with Gasteiger partial charge in [0.25, 0.3) is 0 Å². The zero-order valence-electron chi connectivity index (χ0n) is 7.23. The molecule has 0 radical (unpaired) electrons. The van der Waals surface area contributed by atoms with E-state index >= 15 is 0 Å². The fourth-order valence-electron chi connectivity index (χ4n) is 0.887. The maximum atomic E-state index is 11.8. The summed E-state index contributed by atoms with van der Waals surface area (Å²) in [6, 6.07) is 0. The first-order valence-corrected chi connectivity index (χ1v) is 3.81. The summed E-state index contributed by atoms with van der Waals surface area (Å²) in [6.45, 7) is -0.110. The number of aromatic nitrogens is 3. The minimum Gasteiger partial charge on any atom is -0.463 e. The number of methoxy groups -OCH3 is 1. The molecule has 0 aliphatic heterocycles. The SMILES string of the molecule is COC(=O)c1ncnn1CCCF. The van der Waals surface area contributed by atoms with Crippen LogP contribution in [0.15, 0.2) is 6.33 Å². The summed E-state index contributed by atoms with van der Waals surface area (Å²) in [5.41, 5.74) is 0. The van der Waals surface area contributed by atoms with Crippen molar-refractivity contribution in [3.63, 3.8) is 0 Å². The monoisotopic (exact) mass is 187 g/mol. The van der Waals surface area contributed by atoms with E-state index in [0.717, 1.165) is 0 Å². The Morgan fingerprint density at radius 1 is 1.77 bits per heavy atom. The average Bonchev–Trinajstić information content (AvgIpc) is 2.61. The van der Waals surface area contributed by atoms with Crippen LogP contribution in [0.3, 0.4) is 0 Å². The Bertz CT molecular complexity index is 287. The van der Waals surface area contributed by atoms with E-state index in [9.17, 15) is 9.18 Å². The second-order valence-electron chi connectivity index (χ2n) is 2.34. The highest BCUT2D eigenvalue weighted by molar-refractivity contribution is 5.85. The molecule has 0 amide bonds. The molecule has 0 atom stereocenters. The van der Waals surface area contributed by atoms with Gasteiger partial charge < -0.3 is 4.74 Å². The first-order valence-electron chi connectivity index (χ1n) is 3.81. The number of alkyl halides is 1. The van der Waals surface area contributed by atoms with E-state index in [1.165, 1.54) is 18.1 Å². The average molecular weight is 187 g/mol. The molecule has 0 saturated carbocycles. The van der Waals surface area contributed by atoms with Gasteiger partial charge in [-0.05, 0) is 6.42 Å². The smallest absolute Gasteiger partial charge is 0.375 e. The highest BCUT2D eigenvalue weighted by atomic mass is 19.1. The van der Waals surface area contributed by atoms with Gasteiger partial charge in [0, 0.05) is 6.54 Å². The Morgan fingerprint density at radius 2 is 2.54 bits per heavy atom. The van der Waals surface area contributed by atoms with Crippen molar-refractivity contribution >= 4 is 5.97 Å². The van der Waals surface area contributed by atoms with E-state index in [4.69, 9.17) is 0 Å². The number of rotatable bonds is 4. The maximum Gasteiger partial charge on any atom is 0.375 e. The van der Waals surface area contributed by atoms with Gasteiger partial charge in [0.05, 0.1) is 13.8 Å². The zero-order valence-corrected chi connectivity index (χ0v) is 7.23. The fraction of sp³-hybridized carbons (Fsp3) is 0.571. The third kappa shape index (κ3) is 2.24. The fourth-order valence-corrected chi connectivity index (χ4v) is 0.887. The molecule has 0 fully saturated rings. The lowest BCUT2D eigenvalue weighted by Gasteiger charge is -2.01. The summed E-state index contributed by atoms with van der Waals surface area (Å²) in [5, 5.41) is 3.76. The Kier molecular flexibility index (Phi) is 3.36. The molecule has 13 heavy (non-hydrogen) atoms. The van der Waals surface area contributed by atoms with Gasteiger partial charge >= 0.3 is 5.97 Å². The molecule has 0 saturated heterocycles. The Morgan fingerprint density at radius 3 is 3.15 bits per heavy atom. The van der Waals surface area contributed by atoms with Crippen molar-refractivity contribution in [1.82, 2.24) is 14.8 Å². The van der Waals surface area contributed by atoms with Crippen molar-refractivity contribution in [3.05, 3.63) is 12.2 Å². The zero-order chi connectivity index (χ0) is 9.68. The standard InChI is InChI=1S/C7H10FN3O2/c1-13-7(12)6-9-5-10-11(6)4-2-3-8/h5H,2-4H2,1H3. The van der Waals surface area contributed by atoms with E-state index in [1.807, 2.05) is 0 Å². The molecule has 0 N–H and O–H groups in total. The summed E-state index contributed by atoms with van der Waals surface area (Å²) < 4.78 is 17.6. The van der Waals surface area contributed by atoms with Crippen molar-refractivity contribution in [2.45, 2.75) is 13.0 Å². The second-order valence-corrected chi connectivity index (χ2v) is 2.34. The number of nitrogens with zero attached hydrogens (tertiary/aromatic N) is 3. The lowest BCUT2D eigenvalue weighted by atomic mass is 10.4. The summed E-state index contributed by atoms with van der Waals surface area (Å²) >= 11 is 0. The molecule has 1 aromatic rings. The normalized spacial score (nSPS) is 10.0. The lowest BCUT2D eigenvalue weighted by molar-refractivity contribution is 0.0579. The molecule has 5 nitrogen and oxygen atoms in total. The van der Waals surface area contributed by atoms with Crippen molar-refractivity contribution in [3.8, 4) is 0 Å². The van der Waals surface area contributed by atoms with E-state index in [-0.39, 0.29) is 5.82 Å². The van der Waals surface area contributed by atoms with Gasteiger partial charge in [-0.25, -0.2) is 14.5 Å². The topological polar surface area (TPSA) is 57.0 Å². The van der Waals surface area contributed by atoms with Crippen LogP contribution in [-0.2, 0) is 11.3 Å². The van der Waals surface area contributed by atoms with Gasteiger partial charge in [0.2, 0.25) is 5.82 Å². The minimum absolute atomic E-state index is 0.107. The maximum absolute atomic E-state index is 11.8. The predicted molar refractivity (Wildman–Crippen MR) is 42.0 cm³/mol. The molecule has 0 spiro atoms. The van der Waals surface area contributed by atoms with Crippen LogP contribution in [0.1, 0.15) is 17.0 Å². The van der Waals surface area contributed by atoms with Crippen molar-refractivity contribution in [2.24, 2.45) is 0 Å². The number of esters is 1. The molecule has 0 aliphatic carbocycles. The predicted octanol–water partition coefficient (Wildman–Crippen LogP) is 0.424. The third-order valence-electron chi connectivity index (χ3n) is 1.49. The Hall–Kier alpha value is -1.46. The van der Waals surface area contributed by atoms with Crippen LogP contribution in [-0.4, -0.2) is 34.5 Å². The Balaban J connectivity index is 2.71. The number of ether oxygens (including phenoxy) is 1. The third-order valence-corrected chi connectivity index (χ3v) is 1.49. The van der Waals surface area contributed by atoms with E-state index in [2.05, 4.69) is 14.8 Å². The molecule has 0 aliphatic rings. The van der Waals surface area contributed by atoms with Crippen molar-refractivity contribution in [1.29, 1.82) is 0 Å². The quantitative estimate of drug-likeness (QED) is 0.641. The summed E-state index contributed by atoms with van der Waals surface area (Å²) in [6.07, 6.45) is 1.55. The van der Waals surface area contributed by atoms with Crippen LogP contribution in [0.4, 0.5) is 4.39 Å². The first-order chi connectivity index (χ1) is 6.29. The molecular weight excluding hydrogens is 177 g/mol. The molecular formula is C7H10FN3O2. The van der Waals surface area contributed by atoms with Gasteiger partial charge in [-0.1, -0.05) is 0 Å². The van der Waals surface area contributed by atoms with Gasteiger partial charge in [-0.3, -0.25) is 4.39 Å². The molecule has 72 valence electrons. The number of carbonyl (C=O) groups is 1. The van der Waals surface area contributed by atoms with Crippen molar-refractivity contribution in [2.75, 3.05) is 13.8 Å². The Labute approximate surface area is 74.5 Å². The molecule has 1 heterocycles. The first kappa shape index (κ1) is 9.63. The number of carbonyl (C=O) groups excluding carboxylic acids is 1. The van der Waals surface area contributed by atoms with E-state index in [0.29, 0.717) is 13.0 Å². The summed E-state index contributed by atoms with van der Waals surface area (Å²) in [4.78, 5) is 14.7. The molecule has 0 unspecified atom stereocenters. The number of halogens is 1. The molecule has 0 aromatic carbocycles. The largest absolute Gasteiger partial charge is 0.463 e. The van der Waals surface area contributed by atoms with Gasteiger partial charge in [0.1, 0.15) is 6.33 Å². The van der Waals surface area contributed by atoms with Crippen LogP contribution >= 0.6 is 0 Å². The van der Waals surface area contributed by atoms with Crippen LogP contribution < -0.4 is 0 Å². The highest BCUT2D eigenvalue weighted by Gasteiger charge is 2.13. The van der Waals surface area contributed by atoms with Gasteiger partial charge in [-0.2, -0.15) is 5.10 Å². The van der Waals surface area contributed by atoms with Crippen LogP contribution in [0.2, 0.25) is 0 Å². The van der Waals surface area contributed by atoms with Crippen LogP contribution in [0, 0.1) is 0 Å². The van der Waals surface area contributed by atoms with Gasteiger partial charge in [0.15, 0.2) is 0 Å². The highest BCUT2D eigenvalue weighted by Crippen LogP contribution is 1.98. The second kappa shape index (κ2) is 4.54. The van der Waals surface area contributed by atoms with E-state index in [1.54, 1.807) is 0 Å². The number of hydrogen-bond acceptors (Lipinski definition) is 4. The molecule has 0 bridgehead atoms. The summed E-state index contributed by atoms with van der Waals surface area (Å²) in [5.74, 6) is -0.452. The van der Waals surface area contributed by atoms with Crippen molar-refractivity contribution < 1.29 is 13.9 Å². The minimum atomic E-state index is -0.559. The lowest BCUT2D eigenvalue weighted by Crippen LogP contribution is -2.13. The van der Waals surface area contributed by atoms with E-state index < -0.39 is 12.6 Å². The number of aryl methyl sites for hydroxylation is 1.